The minimum Gasteiger partial charge on any atom is -0.380 e. The van der Waals surface area contributed by atoms with E-state index < -0.39 is 0 Å². The molecule has 0 N–H and O–H groups in total. The number of carbonyl (C=O) groups is 2. The van der Waals surface area contributed by atoms with Gasteiger partial charge < -0.3 is 9.64 Å². The van der Waals surface area contributed by atoms with Gasteiger partial charge in [0.15, 0.2) is 5.17 Å². The second-order valence-electron chi connectivity index (χ2n) is 6.02. The summed E-state index contributed by atoms with van der Waals surface area (Å²) in [6, 6.07) is 0. The number of nitrogens with zero attached hydrogens (tertiary/aromatic N) is 3. The summed E-state index contributed by atoms with van der Waals surface area (Å²) in [5.74, 6) is 0.0527. The van der Waals surface area contributed by atoms with E-state index in [1.54, 1.807) is 16.8 Å². The number of hydrogen-bond acceptors (Lipinski definition) is 5. The highest BCUT2D eigenvalue weighted by atomic mass is 32.2. The highest BCUT2D eigenvalue weighted by molar-refractivity contribution is 8.15. The van der Waals surface area contributed by atoms with Crippen molar-refractivity contribution >= 4 is 28.7 Å². The van der Waals surface area contributed by atoms with E-state index in [0.29, 0.717) is 32.8 Å². The first-order valence-electron chi connectivity index (χ1n) is 6.83. The van der Waals surface area contributed by atoms with E-state index in [9.17, 15) is 9.59 Å². The van der Waals surface area contributed by atoms with Crippen LogP contribution in [0.25, 0.3) is 0 Å². The molecule has 7 heteroatoms. The zero-order chi connectivity index (χ0) is 14.3. The van der Waals surface area contributed by atoms with E-state index in [1.165, 1.54) is 11.8 Å². The SMILES string of the molecule is CN(CC1(C)COC1)C(=O)C[C@H]1SC2=NCCN2C1=O. The van der Waals surface area contributed by atoms with Crippen molar-refractivity contribution in [2.45, 2.75) is 18.6 Å². The fraction of sp³-hybridized carbons (Fsp3) is 0.769. The minimum absolute atomic E-state index is 0.0192. The molecule has 6 nitrogen and oxygen atoms in total. The lowest BCUT2D eigenvalue weighted by Crippen LogP contribution is -2.49. The number of amidine groups is 1. The second kappa shape index (κ2) is 5.04. The Hall–Kier alpha value is -1.08. The van der Waals surface area contributed by atoms with E-state index in [4.69, 9.17) is 4.74 Å². The monoisotopic (exact) mass is 297 g/mol. The molecule has 0 aromatic carbocycles. The lowest BCUT2D eigenvalue weighted by Gasteiger charge is -2.40. The number of amides is 2. The van der Waals surface area contributed by atoms with E-state index in [1.807, 2.05) is 0 Å². The average Bonchev–Trinajstić information content (AvgIpc) is 2.92. The first kappa shape index (κ1) is 13.9. The molecule has 1 atom stereocenters. The number of carbonyl (C=O) groups excluding carboxylic acids is 2. The summed E-state index contributed by atoms with van der Waals surface area (Å²) in [5, 5.41) is 0.490. The van der Waals surface area contributed by atoms with Gasteiger partial charge in [-0.05, 0) is 0 Å². The molecule has 3 rings (SSSR count). The van der Waals surface area contributed by atoms with Crippen LogP contribution in [-0.2, 0) is 14.3 Å². The van der Waals surface area contributed by atoms with Crippen LogP contribution in [0.15, 0.2) is 4.99 Å². The fourth-order valence-corrected chi connectivity index (χ4v) is 3.91. The van der Waals surface area contributed by atoms with Gasteiger partial charge in [-0.1, -0.05) is 18.7 Å². The molecule has 0 aliphatic carbocycles. The predicted octanol–water partition coefficient (Wildman–Crippen LogP) is 0.185. The zero-order valence-electron chi connectivity index (χ0n) is 11.8. The number of rotatable bonds is 4. The molecule has 0 unspecified atom stereocenters. The Labute approximate surface area is 122 Å². The van der Waals surface area contributed by atoms with Crippen LogP contribution >= 0.6 is 11.8 Å². The number of aliphatic imine (C=N–C) groups is 1. The lowest BCUT2D eigenvalue weighted by atomic mass is 9.88. The Balaban J connectivity index is 1.55. The Kier molecular flexibility index (Phi) is 3.50. The van der Waals surface area contributed by atoms with Crippen molar-refractivity contribution in [1.82, 2.24) is 9.80 Å². The van der Waals surface area contributed by atoms with Crippen LogP contribution in [0, 0.1) is 5.41 Å². The highest BCUT2D eigenvalue weighted by Gasteiger charge is 2.42. The Morgan fingerprint density at radius 1 is 1.60 bits per heavy atom. The number of thioether (sulfide) groups is 1. The molecule has 0 bridgehead atoms. The summed E-state index contributed by atoms with van der Waals surface area (Å²) in [4.78, 5) is 32.1. The molecule has 0 radical (unpaired) electrons. The Bertz CT molecular complexity index is 475. The third-order valence-corrected chi connectivity index (χ3v) is 5.11. The number of ether oxygens (including phenoxy) is 1. The van der Waals surface area contributed by atoms with Gasteiger partial charge in [-0.15, -0.1) is 0 Å². The minimum atomic E-state index is -0.297. The van der Waals surface area contributed by atoms with Crippen molar-refractivity contribution in [2.24, 2.45) is 10.4 Å². The largest absolute Gasteiger partial charge is 0.380 e. The first-order valence-corrected chi connectivity index (χ1v) is 7.71. The Morgan fingerprint density at radius 2 is 2.35 bits per heavy atom. The third kappa shape index (κ3) is 2.44. The first-order chi connectivity index (χ1) is 9.48. The summed E-state index contributed by atoms with van der Waals surface area (Å²) in [7, 11) is 1.80. The van der Waals surface area contributed by atoms with Gasteiger partial charge in [0.05, 0.1) is 19.8 Å². The van der Waals surface area contributed by atoms with Crippen molar-refractivity contribution in [3.63, 3.8) is 0 Å². The van der Waals surface area contributed by atoms with Gasteiger partial charge in [-0.2, -0.15) is 0 Å². The molecule has 2 saturated heterocycles. The summed E-state index contributed by atoms with van der Waals surface area (Å²) >= 11 is 1.43. The standard InChI is InChI=1S/C13H19N3O3S/c1-13(7-19-8-13)6-15(2)10(17)5-9-11(18)16-4-3-14-12(16)20-9/h9H,3-8H2,1-2H3/t9-/m1/s1. The van der Waals surface area contributed by atoms with E-state index >= 15 is 0 Å². The molecule has 0 aromatic rings. The molecule has 0 spiro atoms. The second-order valence-corrected chi connectivity index (χ2v) is 7.19. The van der Waals surface area contributed by atoms with Crippen molar-refractivity contribution in [3.05, 3.63) is 0 Å². The highest BCUT2D eigenvalue weighted by Crippen LogP contribution is 2.32. The van der Waals surface area contributed by atoms with Gasteiger partial charge in [-0.3, -0.25) is 19.5 Å². The van der Waals surface area contributed by atoms with Crippen LogP contribution in [0.3, 0.4) is 0 Å². The molecule has 2 amide bonds. The smallest absolute Gasteiger partial charge is 0.242 e. The Morgan fingerprint density at radius 3 is 2.95 bits per heavy atom. The molecule has 0 aromatic heterocycles. The predicted molar refractivity (Wildman–Crippen MR) is 76.6 cm³/mol. The maximum absolute atomic E-state index is 12.2. The van der Waals surface area contributed by atoms with Crippen molar-refractivity contribution < 1.29 is 14.3 Å². The van der Waals surface area contributed by atoms with Crippen LogP contribution in [0.2, 0.25) is 0 Å². The molecule has 3 aliphatic rings. The topological polar surface area (TPSA) is 62.2 Å². The van der Waals surface area contributed by atoms with E-state index in [2.05, 4.69) is 11.9 Å². The molecular weight excluding hydrogens is 278 g/mol. The molecular formula is C13H19N3O3S. The van der Waals surface area contributed by atoms with Crippen LogP contribution in [0.4, 0.5) is 0 Å². The van der Waals surface area contributed by atoms with Gasteiger partial charge in [-0.25, -0.2) is 0 Å². The lowest BCUT2D eigenvalue weighted by molar-refractivity contribution is -0.143. The molecule has 3 heterocycles. The maximum atomic E-state index is 12.2. The van der Waals surface area contributed by atoms with Crippen LogP contribution < -0.4 is 0 Å². The van der Waals surface area contributed by atoms with Gasteiger partial charge in [0.1, 0.15) is 5.25 Å². The number of hydrogen-bond donors (Lipinski definition) is 0. The van der Waals surface area contributed by atoms with E-state index in [0.717, 1.165) is 5.17 Å². The van der Waals surface area contributed by atoms with E-state index in [-0.39, 0.29) is 28.9 Å². The number of fused-ring (bicyclic) bond motifs is 1. The summed E-state index contributed by atoms with van der Waals surface area (Å²) in [6.45, 7) is 5.55. The van der Waals surface area contributed by atoms with Gasteiger partial charge in [0.2, 0.25) is 11.8 Å². The van der Waals surface area contributed by atoms with Crippen LogP contribution in [0.5, 0.6) is 0 Å². The van der Waals surface area contributed by atoms with Crippen LogP contribution in [0.1, 0.15) is 13.3 Å². The van der Waals surface area contributed by atoms with Crippen LogP contribution in [-0.4, -0.2) is 71.9 Å². The normalized spacial score (nSPS) is 27.1. The molecule has 20 heavy (non-hydrogen) atoms. The summed E-state index contributed by atoms with van der Waals surface area (Å²) in [6.07, 6.45) is 0.256. The maximum Gasteiger partial charge on any atom is 0.242 e. The fourth-order valence-electron chi connectivity index (χ4n) is 2.73. The molecule has 2 fully saturated rings. The summed E-state index contributed by atoms with van der Waals surface area (Å²) < 4.78 is 5.20. The molecule has 110 valence electrons. The van der Waals surface area contributed by atoms with Gasteiger partial charge in [0, 0.05) is 32.0 Å². The average molecular weight is 297 g/mol. The van der Waals surface area contributed by atoms with Crippen molar-refractivity contribution in [2.75, 3.05) is 39.9 Å². The molecule has 0 saturated carbocycles. The zero-order valence-corrected chi connectivity index (χ0v) is 12.6. The van der Waals surface area contributed by atoms with Gasteiger partial charge >= 0.3 is 0 Å². The van der Waals surface area contributed by atoms with Gasteiger partial charge in [0.25, 0.3) is 0 Å². The third-order valence-electron chi connectivity index (χ3n) is 3.90. The summed E-state index contributed by atoms with van der Waals surface area (Å²) in [5.41, 5.74) is 0.0708. The molecule has 3 aliphatic heterocycles. The quantitative estimate of drug-likeness (QED) is 0.743. The van der Waals surface area contributed by atoms with Crippen molar-refractivity contribution in [1.29, 1.82) is 0 Å². The van der Waals surface area contributed by atoms with Crippen molar-refractivity contribution in [3.8, 4) is 0 Å².